The van der Waals surface area contributed by atoms with Crippen LogP contribution in [0, 0.1) is 5.92 Å². The van der Waals surface area contributed by atoms with Crippen LogP contribution < -0.4 is 5.32 Å². The monoisotopic (exact) mass is 314 g/mol. The minimum Gasteiger partial charge on any atom is -0.354 e. The second-order valence-electron chi connectivity index (χ2n) is 5.77. The summed E-state index contributed by atoms with van der Waals surface area (Å²) in [5.41, 5.74) is 0. The number of imide groups is 1. The molecule has 1 N–H and O–H groups in total. The normalized spacial score (nSPS) is 18.7. The molecule has 21 heavy (non-hydrogen) atoms. The summed E-state index contributed by atoms with van der Waals surface area (Å²) in [6.45, 7) is 4.37. The molecule has 1 aliphatic rings. The Labute approximate surface area is 131 Å². The minimum absolute atomic E-state index is 0.0214. The third-order valence-corrected chi connectivity index (χ3v) is 4.18. The minimum atomic E-state index is -0.135. The van der Waals surface area contributed by atoms with Gasteiger partial charge in [0.2, 0.25) is 17.7 Å². The number of nitrogens with one attached hydrogen (secondary N) is 1. The van der Waals surface area contributed by atoms with Crippen LogP contribution in [0.2, 0.25) is 0 Å². The summed E-state index contributed by atoms with van der Waals surface area (Å²) >= 11 is 1.60. The molecular formula is C15H26N2O3S. The Hall–Kier alpha value is -1.04. The summed E-state index contributed by atoms with van der Waals surface area (Å²) in [6.07, 6.45) is 5.24. The van der Waals surface area contributed by atoms with Crippen molar-refractivity contribution >= 4 is 29.5 Å². The lowest BCUT2D eigenvalue weighted by atomic mass is 10.1. The number of rotatable bonds is 9. The van der Waals surface area contributed by atoms with Crippen molar-refractivity contribution in [3.8, 4) is 0 Å². The van der Waals surface area contributed by atoms with Gasteiger partial charge in [0.05, 0.1) is 5.92 Å². The van der Waals surface area contributed by atoms with Crippen LogP contribution in [0.1, 0.15) is 46.0 Å². The van der Waals surface area contributed by atoms with E-state index in [1.165, 1.54) is 4.90 Å². The SMILES string of the molecule is CSCC1CC(=O)N(CCCCCC(=O)NC(C)C)C1=O. The molecule has 0 aromatic carbocycles. The van der Waals surface area contributed by atoms with Gasteiger partial charge in [0.1, 0.15) is 0 Å². The largest absolute Gasteiger partial charge is 0.354 e. The maximum atomic E-state index is 12.0. The summed E-state index contributed by atoms with van der Waals surface area (Å²) in [4.78, 5) is 36.7. The molecule has 6 heteroatoms. The van der Waals surface area contributed by atoms with Crippen LogP contribution in [0.25, 0.3) is 0 Å². The van der Waals surface area contributed by atoms with Gasteiger partial charge in [-0.05, 0) is 32.9 Å². The van der Waals surface area contributed by atoms with E-state index in [1.807, 2.05) is 20.1 Å². The van der Waals surface area contributed by atoms with E-state index in [-0.39, 0.29) is 29.7 Å². The first-order valence-electron chi connectivity index (χ1n) is 7.58. The molecule has 1 fully saturated rings. The predicted octanol–water partition coefficient (Wildman–Crippen LogP) is 1.81. The molecular weight excluding hydrogens is 288 g/mol. The zero-order valence-corrected chi connectivity index (χ0v) is 14.0. The molecule has 1 saturated heterocycles. The van der Waals surface area contributed by atoms with Gasteiger partial charge in [-0.1, -0.05) is 6.42 Å². The fourth-order valence-corrected chi connectivity index (χ4v) is 3.11. The topological polar surface area (TPSA) is 66.5 Å². The Bertz CT molecular complexity index is 385. The van der Waals surface area contributed by atoms with Gasteiger partial charge < -0.3 is 5.32 Å². The Morgan fingerprint density at radius 3 is 2.67 bits per heavy atom. The fraction of sp³-hybridized carbons (Fsp3) is 0.800. The van der Waals surface area contributed by atoms with Crippen molar-refractivity contribution in [2.45, 2.75) is 52.0 Å². The lowest BCUT2D eigenvalue weighted by Gasteiger charge is -2.14. The van der Waals surface area contributed by atoms with Crippen LogP contribution >= 0.6 is 11.8 Å². The molecule has 1 rings (SSSR count). The number of likely N-dealkylation sites (tertiary alicyclic amines) is 1. The van der Waals surface area contributed by atoms with Crippen molar-refractivity contribution in [3.05, 3.63) is 0 Å². The highest BCUT2D eigenvalue weighted by Crippen LogP contribution is 2.23. The molecule has 0 aromatic heterocycles. The molecule has 3 amide bonds. The van der Waals surface area contributed by atoms with Crippen LogP contribution in [-0.2, 0) is 14.4 Å². The Balaban J connectivity index is 2.19. The molecule has 0 aliphatic carbocycles. The lowest BCUT2D eigenvalue weighted by molar-refractivity contribution is -0.139. The maximum Gasteiger partial charge on any atom is 0.233 e. The number of carbonyl (C=O) groups excluding carboxylic acids is 3. The van der Waals surface area contributed by atoms with Gasteiger partial charge in [0.15, 0.2) is 0 Å². The number of unbranched alkanes of at least 4 members (excludes halogenated alkanes) is 2. The predicted molar refractivity (Wildman–Crippen MR) is 85.0 cm³/mol. The smallest absolute Gasteiger partial charge is 0.233 e. The van der Waals surface area contributed by atoms with Gasteiger partial charge in [-0.15, -0.1) is 0 Å². The van der Waals surface area contributed by atoms with E-state index in [1.54, 1.807) is 11.8 Å². The second kappa shape index (κ2) is 9.07. The van der Waals surface area contributed by atoms with Crippen molar-refractivity contribution in [2.75, 3.05) is 18.6 Å². The standard InChI is InChI=1S/C15H26N2O3S/c1-11(2)16-13(18)7-5-4-6-8-17-14(19)9-12(10-21-3)15(17)20/h11-12H,4-10H2,1-3H3,(H,16,18). The third-order valence-electron chi connectivity index (χ3n) is 3.44. The van der Waals surface area contributed by atoms with E-state index in [9.17, 15) is 14.4 Å². The van der Waals surface area contributed by atoms with Crippen molar-refractivity contribution in [3.63, 3.8) is 0 Å². The van der Waals surface area contributed by atoms with Crippen molar-refractivity contribution in [1.82, 2.24) is 10.2 Å². The average Bonchev–Trinajstić information content (AvgIpc) is 2.65. The van der Waals surface area contributed by atoms with Crippen molar-refractivity contribution in [2.24, 2.45) is 5.92 Å². The molecule has 5 nitrogen and oxygen atoms in total. The molecule has 1 unspecified atom stereocenters. The number of thioether (sulfide) groups is 1. The number of hydrogen-bond donors (Lipinski definition) is 1. The molecule has 1 atom stereocenters. The van der Waals surface area contributed by atoms with Gasteiger partial charge in [-0.3, -0.25) is 19.3 Å². The Morgan fingerprint density at radius 1 is 1.33 bits per heavy atom. The molecule has 1 aliphatic heterocycles. The van der Waals surface area contributed by atoms with Crippen LogP contribution in [0.3, 0.4) is 0 Å². The molecule has 120 valence electrons. The second-order valence-corrected chi connectivity index (χ2v) is 6.68. The zero-order valence-electron chi connectivity index (χ0n) is 13.2. The summed E-state index contributed by atoms with van der Waals surface area (Å²) in [5, 5.41) is 2.85. The highest BCUT2D eigenvalue weighted by atomic mass is 32.2. The zero-order chi connectivity index (χ0) is 15.8. The Morgan fingerprint density at radius 2 is 2.05 bits per heavy atom. The van der Waals surface area contributed by atoms with Gasteiger partial charge >= 0.3 is 0 Å². The van der Waals surface area contributed by atoms with Crippen molar-refractivity contribution < 1.29 is 14.4 Å². The lowest BCUT2D eigenvalue weighted by Crippen LogP contribution is -2.32. The molecule has 0 saturated carbocycles. The molecule has 1 heterocycles. The number of nitrogens with zero attached hydrogens (tertiary/aromatic N) is 1. The number of carbonyl (C=O) groups is 3. The van der Waals surface area contributed by atoms with Crippen LogP contribution in [-0.4, -0.2) is 47.2 Å². The van der Waals surface area contributed by atoms with Gasteiger partial charge in [-0.2, -0.15) is 11.8 Å². The van der Waals surface area contributed by atoms with Gasteiger partial charge in [-0.25, -0.2) is 0 Å². The fourth-order valence-electron chi connectivity index (χ4n) is 2.44. The van der Waals surface area contributed by atoms with E-state index < -0.39 is 0 Å². The highest BCUT2D eigenvalue weighted by Gasteiger charge is 2.37. The summed E-state index contributed by atoms with van der Waals surface area (Å²) < 4.78 is 0. The average molecular weight is 314 g/mol. The van der Waals surface area contributed by atoms with Gasteiger partial charge in [0, 0.05) is 31.2 Å². The van der Waals surface area contributed by atoms with Gasteiger partial charge in [0.25, 0.3) is 0 Å². The number of hydrogen-bond acceptors (Lipinski definition) is 4. The molecule has 0 spiro atoms. The van der Waals surface area contributed by atoms with E-state index in [0.717, 1.165) is 25.0 Å². The summed E-state index contributed by atoms with van der Waals surface area (Å²) in [6, 6.07) is 0.172. The molecule has 0 aromatic rings. The van der Waals surface area contributed by atoms with Crippen LogP contribution in [0.5, 0.6) is 0 Å². The first kappa shape index (κ1) is 18.0. The summed E-state index contributed by atoms with van der Waals surface area (Å²) in [5.74, 6) is 0.586. The summed E-state index contributed by atoms with van der Waals surface area (Å²) in [7, 11) is 0. The van der Waals surface area contributed by atoms with E-state index >= 15 is 0 Å². The molecule has 0 radical (unpaired) electrons. The number of amides is 3. The maximum absolute atomic E-state index is 12.0. The quantitative estimate of drug-likeness (QED) is 0.521. The van der Waals surface area contributed by atoms with Crippen LogP contribution in [0.4, 0.5) is 0 Å². The van der Waals surface area contributed by atoms with Crippen LogP contribution in [0.15, 0.2) is 0 Å². The third kappa shape index (κ3) is 6.08. The first-order chi connectivity index (χ1) is 9.95. The highest BCUT2D eigenvalue weighted by molar-refractivity contribution is 7.98. The van der Waals surface area contributed by atoms with E-state index in [2.05, 4.69) is 5.32 Å². The molecule has 0 bridgehead atoms. The van der Waals surface area contributed by atoms with Crippen molar-refractivity contribution in [1.29, 1.82) is 0 Å². The Kier molecular flexibility index (Phi) is 7.78. The van der Waals surface area contributed by atoms with E-state index in [4.69, 9.17) is 0 Å². The van der Waals surface area contributed by atoms with E-state index in [0.29, 0.717) is 19.4 Å². The first-order valence-corrected chi connectivity index (χ1v) is 8.97.